The Hall–Kier alpha value is -2.60. The zero-order valence-corrected chi connectivity index (χ0v) is 15.7. The predicted molar refractivity (Wildman–Crippen MR) is 103 cm³/mol. The maximum atomic E-state index is 12.6. The summed E-state index contributed by atoms with van der Waals surface area (Å²) in [4.78, 5) is 24.7. The minimum absolute atomic E-state index is 0.276. The van der Waals surface area contributed by atoms with Crippen LogP contribution < -0.4 is 10.6 Å². The third kappa shape index (κ3) is 5.74. The van der Waals surface area contributed by atoms with Crippen LogP contribution in [0.15, 0.2) is 36.4 Å². The summed E-state index contributed by atoms with van der Waals surface area (Å²) in [6.07, 6.45) is -0.601. The number of carbonyl (C=O) groups excluding carboxylic acids is 2. The predicted octanol–water partition coefficient (Wildman–Crippen LogP) is 3.95. The van der Waals surface area contributed by atoms with Gasteiger partial charge in [-0.05, 0) is 50.6 Å². The van der Waals surface area contributed by atoms with E-state index in [0.717, 1.165) is 10.8 Å². The van der Waals surface area contributed by atoms with Crippen LogP contribution in [-0.4, -0.2) is 37.4 Å². The van der Waals surface area contributed by atoms with Gasteiger partial charge in [-0.15, -0.1) is 0 Å². The average Bonchev–Trinajstić information content (AvgIpc) is 2.56. The van der Waals surface area contributed by atoms with Crippen molar-refractivity contribution in [2.24, 2.45) is 0 Å². The number of ether oxygens (including phenoxy) is 2. The van der Waals surface area contributed by atoms with Gasteiger partial charge in [0.1, 0.15) is 5.60 Å². The molecule has 0 fully saturated rings. The quantitative estimate of drug-likeness (QED) is 0.767. The van der Waals surface area contributed by atoms with Crippen LogP contribution in [0.2, 0.25) is 0 Å². The van der Waals surface area contributed by atoms with Gasteiger partial charge >= 0.3 is 6.09 Å². The fraction of sp³-hybridized carbons (Fsp3) is 0.400. The molecule has 0 radical (unpaired) electrons. The summed E-state index contributed by atoms with van der Waals surface area (Å²) < 4.78 is 10.5. The van der Waals surface area contributed by atoms with Gasteiger partial charge in [0, 0.05) is 13.2 Å². The Morgan fingerprint density at radius 1 is 1.08 bits per heavy atom. The van der Waals surface area contributed by atoms with E-state index in [1.807, 2.05) is 31.2 Å². The first kappa shape index (κ1) is 19.7. The molecule has 26 heavy (non-hydrogen) atoms. The molecule has 2 aromatic rings. The fourth-order valence-corrected chi connectivity index (χ4v) is 2.42. The van der Waals surface area contributed by atoms with Crippen LogP contribution in [0.25, 0.3) is 10.8 Å². The normalized spacial score (nSPS) is 11.2. The lowest BCUT2D eigenvalue weighted by atomic mass is 10.0. The number of hydrogen-bond acceptors (Lipinski definition) is 4. The van der Waals surface area contributed by atoms with Crippen molar-refractivity contribution in [1.29, 1.82) is 0 Å². The lowest BCUT2D eigenvalue weighted by Gasteiger charge is -2.20. The van der Waals surface area contributed by atoms with E-state index in [1.54, 1.807) is 32.9 Å². The smallest absolute Gasteiger partial charge is 0.412 e. The molecule has 2 amide bonds. The van der Waals surface area contributed by atoms with E-state index < -0.39 is 11.7 Å². The Labute approximate surface area is 153 Å². The van der Waals surface area contributed by atoms with E-state index in [2.05, 4.69) is 10.6 Å². The molecule has 2 aromatic carbocycles. The van der Waals surface area contributed by atoms with Crippen molar-refractivity contribution in [2.75, 3.05) is 25.1 Å². The van der Waals surface area contributed by atoms with Gasteiger partial charge in [-0.3, -0.25) is 10.1 Å². The highest BCUT2D eigenvalue weighted by Crippen LogP contribution is 2.25. The number of fused-ring (bicyclic) bond motifs is 1. The molecule has 2 N–H and O–H groups in total. The van der Waals surface area contributed by atoms with Crippen LogP contribution in [0.1, 0.15) is 38.1 Å². The van der Waals surface area contributed by atoms with Gasteiger partial charge < -0.3 is 14.8 Å². The number of carbonyl (C=O) groups is 2. The summed E-state index contributed by atoms with van der Waals surface area (Å²) in [7, 11) is 0. The number of rotatable bonds is 6. The fourth-order valence-electron chi connectivity index (χ4n) is 2.42. The van der Waals surface area contributed by atoms with Crippen LogP contribution in [0.3, 0.4) is 0 Å². The molecule has 0 saturated carbocycles. The Bertz CT molecular complexity index is 781. The summed E-state index contributed by atoms with van der Waals surface area (Å²) in [5.74, 6) is -0.276. The van der Waals surface area contributed by atoms with Gasteiger partial charge in [0.2, 0.25) is 0 Å². The number of nitrogens with one attached hydrogen (secondary N) is 2. The molecule has 0 bridgehead atoms. The maximum absolute atomic E-state index is 12.6. The summed E-state index contributed by atoms with van der Waals surface area (Å²) in [6.45, 7) is 8.68. The first-order chi connectivity index (χ1) is 12.3. The molecule has 0 aliphatic heterocycles. The SMILES string of the molecule is CCOCCNC(=O)c1cc2ccccc2cc1NC(=O)OC(C)(C)C. The lowest BCUT2D eigenvalue weighted by molar-refractivity contribution is 0.0636. The van der Waals surface area contributed by atoms with Crippen molar-refractivity contribution in [3.63, 3.8) is 0 Å². The Morgan fingerprint density at radius 3 is 2.35 bits per heavy atom. The number of benzene rings is 2. The molecule has 6 heteroatoms. The second kappa shape index (κ2) is 8.67. The molecule has 2 rings (SSSR count). The Balaban J connectivity index is 2.27. The zero-order valence-electron chi connectivity index (χ0n) is 15.7. The summed E-state index contributed by atoms with van der Waals surface area (Å²) >= 11 is 0. The van der Waals surface area contributed by atoms with Gasteiger partial charge in [0.15, 0.2) is 0 Å². The minimum Gasteiger partial charge on any atom is -0.444 e. The minimum atomic E-state index is -0.624. The van der Waals surface area contributed by atoms with E-state index >= 15 is 0 Å². The number of anilines is 1. The van der Waals surface area contributed by atoms with Crippen molar-refractivity contribution < 1.29 is 19.1 Å². The highest BCUT2D eigenvalue weighted by molar-refractivity contribution is 6.07. The molecule has 6 nitrogen and oxygen atoms in total. The van der Waals surface area contributed by atoms with Crippen LogP contribution in [0.4, 0.5) is 10.5 Å². The third-order valence-electron chi connectivity index (χ3n) is 3.50. The van der Waals surface area contributed by atoms with Gasteiger partial charge in [0.25, 0.3) is 5.91 Å². The van der Waals surface area contributed by atoms with E-state index in [9.17, 15) is 9.59 Å². The highest BCUT2D eigenvalue weighted by Gasteiger charge is 2.19. The Kier molecular flexibility index (Phi) is 6.58. The van der Waals surface area contributed by atoms with E-state index in [-0.39, 0.29) is 5.91 Å². The van der Waals surface area contributed by atoms with Crippen molar-refractivity contribution >= 4 is 28.5 Å². The zero-order chi connectivity index (χ0) is 19.2. The van der Waals surface area contributed by atoms with Crippen LogP contribution in [0.5, 0.6) is 0 Å². The van der Waals surface area contributed by atoms with E-state index in [0.29, 0.717) is 31.0 Å². The molecule has 0 spiro atoms. The van der Waals surface area contributed by atoms with E-state index in [4.69, 9.17) is 9.47 Å². The van der Waals surface area contributed by atoms with Crippen LogP contribution in [0, 0.1) is 0 Å². The molecule has 0 aliphatic rings. The number of hydrogen-bond donors (Lipinski definition) is 2. The maximum Gasteiger partial charge on any atom is 0.412 e. The van der Waals surface area contributed by atoms with Crippen molar-refractivity contribution in [1.82, 2.24) is 5.32 Å². The summed E-state index contributed by atoms with van der Waals surface area (Å²) in [6, 6.07) is 11.2. The standard InChI is InChI=1S/C20H26N2O4/c1-5-25-11-10-21-18(23)16-12-14-8-6-7-9-15(14)13-17(16)22-19(24)26-20(2,3)4/h6-9,12-13H,5,10-11H2,1-4H3,(H,21,23)(H,22,24). The molecular formula is C20H26N2O4. The first-order valence-electron chi connectivity index (χ1n) is 8.69. The van der Waals surface area contributed by atoms with Gasteiger partial charge in [-0.2, -0.15) is 0 Å². The molecule has 0 aromatic heterocycles. The van der Waals surface area contributed by atoms with E-state index in [1.165, 1.54) is 0 Å². The lowest BCUT2D eigenvalue weighted by Crippen LogP contribution is -2.30. The second-order valence-electron chi connectivity index (χ2n) is 6.82. The largest absolute Gasteiger partial charge is 0.444 e. The molecule has 0 unspecified atom stereocenters. The summed E-state index contributed by atoms with van der Waals surface area (Å²) in [5.41, 5.74) is 0.166. The molecule has 0 atom stereocenters. The third-order valence-corrected chi connectivity index (χ3v) is 3.50. The summed E-state index contributed by atoms with van der Waals surface area (Å²) in [5, 5.41) is 7.33. The molecule has 0 heterocycles. The monoisotopic (exact) mass is 358 g/mol. The van der Waals surface area contributed by atoms with Crippen molar-refractivity contribution in [3.8, 4) is 0 Å². The topological polar surface area (TPSA) is 76.7 Å². The Morgan fingerprint density at radius 2 is 1.73 bits per heavy atom. The average molecular weight is 358 g/mol. The molecule has 140 valence electrons. The van der Waals surface area contributed by atoms with Gasteiger partial charge in [-0.25, -0.2) is 4.79 Å². The molecule has 0 aliphatic carbocycles. The van der Waals surface area contributed by atoms with Crippen molar-refractivity contribution in [3.05, 3.63) is 42.0 Å². The molecule has 0 saturated heterocycles. The van der Waals surface area contributed by atoms with Gasteiger partial charge in [0.05, 0.1) is 17.9 Å². The second-order valence-corrected chi connectivity index (χ2v) is 6.82. The van der Waals surface area contributed by atoms with Crippen molar-refractivity contribution in [2.45, 2.75) is 33.3 Å². The highest BCUT2D eigenvalue weighted by atomic mass is 16.6. The first-order valence-corrected chi connectivity index (χ1v) is 8.69. The van der Waals surface area contributed by atoms with Gasteiger partial charge in [-0.1, -0.05) is 24.3 Å². The number of amides is 2. The van der Waals surface area contributed by atoms with Crippen LogP contribution in [-0.2, 0) is 9.47 Å². The molecular weight excluding hydrogens is 332 g/mol. The van der Waals surface area contributed by atoms with Crippen LogP contribution >= 0.6 is 0 Å².